The van der Waals surface area contributed by atoms with Crippen molar-refractivity contribution in [1.29, 1.82) is 0 Å². The maximum atomic E-state index is 13.1. The van der Waals surface area contributed by atoms with Crippen molar-refractivity contribution in [1.82, 2.24) is 5.32 Å². The third-order valence-electron chi connectivity index (χ3n) is 2.19. The third-order valence-corrected chi connectivity index (χ3v) is 2.19. The highest BCUT2D eigenvalue weighted by Crippen LogP contribution is 2.19. The molecule has 0 aromatic heterocycles. The minimum atomic E-state index is -1.79. The molecule has 0 aliphatic rings. The van der Waals surface area contributed by atoms with E-state index >= 15 is 0 Å². The van der Waals surface area contributed by atoms with Gasteiger partial charge >= 0.3 is 0 Å². The Balaban J connectivity index is 0. The van der Waals surface area contributed by atoms with E-state index in [1.54, 1.807) is 0 Å². The van der Waals surface area contributed by atoms with Crippen molar-refractivity contribution in [3.63, 3.8) is 0 Å². The molecule has 3 heteroatoms. The van der Waals surface area contributed by atoms with Crippen LogP contribution < -0.4 is 5.32 Å². The molecule has 0 radical (unpaired) electrons. The fourth-order valence-corrected chi connectivity index (χ4v) is 0.585. The van der Waals surface area contributed by atoms with E-state index in [1.807, 2.05) is 41.5 Å². The molecule has 1 unspecified atom stereocenters. The Bertz CT molecular complexity index is 189. The van der Waals surface area contributed by atoms with Crippen molar-refractivity contribution < 1.29 is 9.18 Å². The first kappa shape index (κ1) is 16.8. The van der Waals surface area contributed by atoms with Crippen LogP contribution >= 0.6 is 0 Å². The molecule has 92 valence electrons. The van der Waals surface area contributed by atoms with Crippen LogP contribution in [0, 0.1) is 5.41 Å². The predicted octanol–water partition coefficient (Wildman–Crippen LogP) is 3.31. The minimum absolute atomic E-state index is 0.0324. The predicted molar refractivity (Wildman–Crippen MR) is 63.6 cm³/mol. The smallest absolute Gasteiger partial charge is 0.257 e. The van der Waals surface area contributed by atoms with Crippen molar-refractivity contribution in [2.45, 2.75) is 67.1 Å². The molecule has 0 spiro atoms. The summed E-state index contributed by atoms with van der Waals surface area (Å²) in [6.07, 6.45) is 0. The van der Waals surface area contributed by atoms with E-state index in [4.69, 9.17) is 0 Å². The summed E-state index contributed by atoms with van der Waals surface area (Å²) in [5.41, 5.74) is -1.83. The van der Waals surface area contributed by atoms with Crippen LogP contribution in [-0.4, -0.2) is 17.6 Å². The van der Waals surface area contributed by atoms with Crippen molar-refractivity contribution in [3.8, 4) is 0 Å². The third kappa shape index (κ3) is 7.34. The fourth-order valence-electron chi connectivity index (χ4n) is 0.585. The molecule has 1 N–H and O–H groups in total. The summed E-state index contributed by atoms with van der Waals surface area (Å²) in [5.74, 6) is -0.546. The van der Waals surface area contributed by atoms with Gasteiger partial charge in [0.1, 0.15) is 0 Å². The second-order valence-electron chi connectivity index (χ2n) is 5.03. The van der Waals surface area contributed by atoms with Gasteiger partial charge in [-0.1, -0.05) is 34.6 Å². The Morgan fingerprint density at radius 2 is 1.47 bits per heavy atom. The van der Waals surface area contributed by atoms with Gasteiger partial charge in [-0.15, -0.1) is 0 Å². The second-order valence-corrected chi connectivity index (χ2v) is 5.03. The van der Waals surface area contributed by atoms with Gasteiger partial charge in [0.2, 0.25) is 0 Å². The van der Waals surface area contributed by atoms with E-state index in [-0.39, 0.29) is 11.5 Å². The molecule has 0 saturated carbocycles. The summed E-state index contributed by atoms with van der Waals surface area (Å²) < 4.78 is 13.1. The van der Waals surface area contributed by atoms with Crippen molar-refractivity contribution in [2.75, 3.05) is 0 Å². The van der Waals surface area contributed by atoms with Gasteiger partial charge in [0.15, 0.2) is 5.67 Å². The standard InChI is InChI=1S/C10H20FNO.C2H6/c1-7(9(2,3)4)12-8(13)10(5,6)11;1-2/h7H,1-6H3,(H,12,13);1-2H3. The van der Waals surface area contributed by atoms with Crippen molar-refractivity contribution in [3.05, 3.63) is 0 Å². The first-order valence-corrected chi connectivity index (χ1v) is 5.55. The molecule has 0 aliphatic heterocycles. The van der Waals surface area contributed by atoms with Gasteiger partial charge < -0.3 is 5.32 Å². The van der Waals surface area contributed by atoms with Gasteiger partial charge in [-0.25, -0.2) is 4.39 Å². The Morgan fingerprint density at radius 1 is 1.13 bits per heavy atom. The molecule has 1 amide bonds. The highest BCUT2D eigenvalue weighted by Gasteiger charge is 2.30. The lowest BCUT2D eigenvalue weighted by molar-refractivity contribution is -0.132. The van der Waals surface area contributed by atoms with E-state index in [2.05, 4.69) is 5.32 Å². The first-order valence-electron chi connectivity index (χ1n) is 5.55. The Morgan fingerprint density at radius 3 is 1.67 bits per heavy atom. The number of amides is 1. The fraction of sp³-hybridized carbons (Fsp3) is 0.917. The Labute approximate surface area is 93.6 Å². The van der Waals surface area contributed by atoms with Crippen LogP contribution in [-0.2, 0) is 4.79 Å². The van der Waals surface area contributed by atoms with Crippen LogP contribution in [0.1, 0.15) is 55.4 Å². The van der Waals surface area contributed by atoms with Crippen LogP contribution in [0.3, 0.4) is 0 Å². The van der Waals surface area contributed by atoms with Crippen molar-refractivity contribution in [2.24, 2.45) is 5.41 Å². The molecule has 2 nitrogen and oxygen atoms in total. The van der Waals surface area contributed by atoms with E-state index in [0.29, 0.717) is 0 Å². The maximum absolute atomic E-state index is 13.1. The topological polar surface area (TPSA) is 29.1 Å². The van der Waals surface area contributed by atoms with E-state index in [1.165, 1.54) is 13.8 Å². The van der Waals surface area contributed by atoms with Gasteiger partial charge in [0, 0.05) is 6.04 Å². The highest BCUT2D eigenvalue weighted by molar-refractivity contribution is 5.84. The number of alkyl halides is 1. The molecule has 0 fully saturated rings. The van der Waals surface area contributed by atoms with Crippen LogP contribution in [0.15, 0.2) is 0 Å². The number of hydrogen-bond acceptors (Lipinski definition) is 1. The van der Waals surface area contributed by atoms with Gasteiger partial charge in [-0.3, -0.25) is 4.79 Å². The number of carbonyl (C=O) groups excluding carboxylic acids is 1. The zero-order chi connectivity index (χ0) is 12.9. The highest BCUT2D eigenvalue weighted by atomic mass is 19.1. The molecule has 0 rings (SSSR count). The lowest BCUT2D eigenvalue weighted by atomic mass is 9.87. The monoisotopic (exact) mass is 219 g/mol. The van der Waals surface area contributed by atoms with E-state index in [9.17, 15) is 9.18 Å². The Hall–Kier alpha value is -0.600. The Kier molecular flexibility index (Phi) is 6.82. The molecule has 0 aromatic carbocycles. The first-order chi connectivity index (χ1) is 6.55. The number of nitrogens with one attached hydrogen (secondary N) is 1. The van der Waals surface area contributed by atoms with Crippen LogP contribution in [0.5, 0.6) is 0 Å². The molecule has 0 heterocycles. The van der Waals surface area contributed by atoms with Gasteiger partial charge in [-0.2, -0.15) is 0 Å². The molecule has 15 heavy (non-hydrogen) atoms. The lowest BCUT2D eigenvalue weighted by Crippen LogP contribution is -2.48. The lowest BCUT2D eigenvalue weighted by Gasteiger charge is -2.29. The van der Waals surface area contributed by atoms with Gasteiger partial charge in [0.25, 0.3) is 5.91 Å². The molecular weight excluding hydrogens is 193 g/mol. The van der Waals surface area contributed by atoms with Gasteiger partial charge in [-0.05, 0) is 26.2 Å². The SMILES string of the molecule is CC.CC(NC(=O)C(C)(C)F)C(C)(C)C. The van der Waals surface area contributed by atoms with E-state index in [0.717, 1.165) is 0 Å². The number of hydrogen-bond donors (Lipinski definition) is 1. The summed E-state index contributed by atoms with van der Waals surface area (Å²) in [7, 11) is 0. The summed E-state index contributed by atoms with van der Waals surface area (Å²) in [6, 6.07) is -0.0324. The molecule has 0 saturated heterocycles. The molecular formula is C12H26FNO. The van der Waals surface area contributed by atoms with Crippen molar-refractivity contribution >= 4 is 5.91 Å². The molecule has 1 atom stereocenters. The van der Waals surface area contributed by atoms with E-state index < -0.39 is 11.6 Å². The zero-order valence-electron chi connectivity index (χ0n) is 11.4. The van der Waals surface area contributed by atoms with Gasteiger partial charge in [0.05, 0.1) is 0 Å². The minimum Gasteiger partial charge on any atom is -0.350 e. The molecule has 0 aromatic rings. The van der Waals surface area contributed by atoms with Crippen LogP contribution in [0.4, 0.5) is 4.39 Å². The number of carbonyl (C=O) groups is 1. The number of rotatable bonds is 2. The quantitative estimate of drug-likeness (QED) is 0.758. The van der Waals surface area contributed by atoms with Crippen LogP contribution in [0.25, 0.3) is 0 Å². The largest absolute Gasteiger partial charge is 0.350 e. The number of halogens is 1. The van der Waals surface area contributed by atoms with Crippen LogP contribution in [0.2, 0.25) is 0 Å². The average molecular weight is 219 g/mol. The summed E-state index contributed by atoms with van der Waals surface area (Å²) >= 11 is 0. The zero-order valence-corrected chi connectivity index (χ0v) is 11.4. The maximum Gasteiger partial charge on any atom is 0.257 e. The second kappa shape index (κ2) is 6.09. The normalized spacial score (nSPS) is 13.7. The summed E-state index contributed by atoms with van der Waals surface area (Å²) in [6.45, 7) is 14.4. The summed E-state index contributed by atoms with van der Waals surface area (Å²) in [5, 5.41) is 2.65. The summed E-state index contributed by atoms with van der Waals surface area (Å²) in [4.78, 5) is 11.2. The molecule has 0 bridgehead atoms. The molecule has 0 aliphatic carbocycles. The average Bonchev–Trinajstić information content (AvgIpc) is 2.04.